The van der Waals surface area contributed by atoms with Crippen LogP contribution in [-0.2, 0) is 0 Å². The monoisotopic (exact) mass is 668 g/mol. The molecule has 10 rings (SSSR count). The summed E-state index contributed by atoms with van der Waals surface area (Å²) in [5.74, 6) is 0. The Morgan fingerprint density at radius 1 is 0.385 bits per heavy atom. The molecule has 0 spiro atoms. The van der Waals surface area contributed by atoms with Crippen molar-refractivity contribution in [1.82, 2.24) is 9.13 Å². The normalized spacial score (nSPS) is 12.9. The minimum atomic E-state index is 1.04. The Balaban J connectivity index is 0.00000177. The lowest BCUT2D eigenvalue weighted by Gasteiger charge is -2.15. The molecule has 250 valence electrons. The van der Waals surface area contributed by atoms with E-state index in [-0.39, 0.29) is 0 Å². The predicted molar refractivity (Wildman–Crippen MR) is 224 cm³/mol. The van der Waals surface area contributed by atoms with E-state index in [4.69, 9.17) is 0 Å². The van der Waals surface area contributed by atoms with Crippen LogP contribution in [0.3, 0.4) is 0 Å². The highest BCUT2D eigenvalue weighted by molar-refractivity contribution is 6.13. The fraction of sp³-hybridized carbons (Fsp3) is 0.0800. The van der Waals surface area contributed by atoms with Crippen LogP contribution in [-0.4, -0.2) is 9.13 Å². The molecule has 2 heterocycles. The van der Waals surface area contributed by atoms with Gasteiger partial charge in [-0.3, -0.25) is 0 Å². The smallest absolute Gasteiger partial charge is 0.0547 e. The first kappa shape index (κ1) is 31.6. The van der Waals surface area contributed by atoms with Crippen LogP contribution in [0.1, 0.15) is 37.8 Å². The highest BCUT2D eigenvalue weighted by atomic mass is 15.0. The third-order valence-electron chi connectivity index (χ3n) is 10.4. The average molecular weight is 669 g/mol. The number of hydrogen-bond acceptors (Lipinski definition) is 0. The second-order valence-electron chi connectivity index (χ2n) is 13.3. The largest absolute Gasteiger partial charge is 0.309 e. The Bertz CT molecular complexity index is 2780. The van der Waals surface area contributed by atoms with E-state index in [0.29, 0.717) is 0 Å². The molecule has 0 amide bonds. The van der Waals surface area contributed by atoms with E-state index in [0.717, 1.165) is 12.8 Å². The van der Waals surface area contributed by atoms with Crippen molar-refractivity contribution in [2.75, 3.05) is 0 Å². The van der Waals surface area contributed by atoms with E-state index in [1.54, 1.807) is 0 Å². The second kappa shape index (κ2) is 13.4. The van der Waals surface area contributed by atoms with Crippen molar-refractivity contribution in [3.05, 3.63) is 193 Å². The minimum Gasteiger partial charge on any atom is -0.309 e. The van der Waals surface area contributed by atoms with Crippen molar-refractivity contribution in [3.8, 4) is 22.5 Å². The number of fused-ring (bicyclic) bond motifs is 6. The third kappa shape index (κ3) is 5.36. The van der Waals surface area contributed by atoms with Crippen molar-refractivity contribution in [1.29, 1.82) is 0 Å². The summed E-state index contributed by atoms with van der Waals surface area (Å²) in [5, 5.41) is 5.07. The van der Waals surface area contributed by atoms with Crippen LogP contribution in [0.2, 0.25) is 0 Å². The lowest BCUT2D eigenvalue weighted by atomic mass is 9.90. The molecule has 2 nitrogen and oxygen atoms in total. The van der Waals surface area contributed by atoms with Gasteiger partial charge in [-0.2, -0.15) is 0 Å². The highest BCUT2D eigenvalue weighted by Crippen LogP contribution is 2.40. The summed E-state index contributed by atoms with van der Waals surface area (Å²) in [4.78, 5) is 0. The van der Waals surface area contributed by atoms with Crippen molar-refractivity contribution in [3.63, 3.8) is 0 Å². The summed E-state index contributed by atoms with van der Waals surface area (Å²) in [6, 6.07) is 62.0. The quantitative estimate of drug-likeness (QED) is 0.173. The molecule has 0 saturated heterocycles. The fourth-order valence-corrected chi connectivity index (χ4v) is 8.02. The molecule has 0 saturated carbocycles. The molecule has 0 atom stereocenters. The molecule has 1 aliphatic carbocycles. The molecule has 0 fully saturated rings. The number of nitrogens with zero attached hydrogens (tertiary/aromatic N) is 2. The van der Waals surface area contributed by atoms with Crippen molar-refractivity contribution in [2.45, 2.75) is 26.7 Å². The molecule has 0 bridgehead atoms. The van der Waals surface area contributed by atoms with Gasteiger partial charge in [0.05, 0.1) is 22.1 Å². The molecule has 7 aromatic carbocycles. The molecule has 1 aliphatic rings. The van der Waals surface area contributed by atoms with Gasteiger partial charge in [0.2, 0.25) is 0 Å². The zero-order chi connectivity index (χ0) is 35.0. The summed E-state index contributed by atoms with van der Waals surface area (Å²) in [5.41, 5.74) is 15.0. The Kier molecular flexibility index (Phi) is 8.14. The maximum atomic E-state index is 2.44. The van der Waals surface area contributed by atoms with E-state index in [1.165, 1.54) is 88.4 Å². The molecule has 0 unspecified atom stereocenters. The number of allylic oxidation sites excluding steroid dienone is 4. The first-order chi connectivity index (χ1) is 25.8. The van der Waals surface area contributed by atoms with Gasteiger partial charge in [0.1, 0.15) is 0 Å². The third-order valence-corrected chi connectivity index (χ3v) is 10.4. The van der Waals surface area contributed by atoms with Crippen LogP contribution in [0.5, 0.6) is 0 Å². The molecular weight excluding hydrogens is 629 g/mol. The van der Waals surface area contributed by atoms with Crippen LogP contribution < -0.4 is 0 Å². The maximum absolute atomic E-state index is 2.44. The fourth-order valence-electron chi connectivity index (χ4n) is 8.02. The first-order valence-electron chi connectivity index (χ1n) is 18.5. The molecule has 9 aromatic rings. The number of para-hydroxylation sites is 3. The van der Waals surface area contributed by atoms with Crippen molar-refractivity contribution in [2.24, 2.45) is 0 Å². The number of aromatic nitrogens is 2. The Hall–Kier alpha value is -6.38. The van der Waals surface area contributed by atoms with Crippen LogP contribution in [0.25, 0.3) is 77.3 Å². The number of benzene rings is 7. The minimum absolute atomic E-state index is 1.04. The van der Waals surface area contributed by atoms with Gasteiger partial charge in [-0.15, -0.1) is 0 Å². The van der Waals surface area contributed by atoms with E-state index in [2.05, 4.69) is 191 Å². The van der Waals surface area contributed by atoms with Crippen LogP contribution in [0.15, 0.2) is 182 Å². The first-order valence-corrected chi connectivity index (χ1v) is 18.5. The van der Waals surface area contributed by atoms with Gasteiger partial charge in [0.15, 0.2) is 0 Å². The summed E-state index contributed by atoms with van der Waals surface area (Å²) in [6.07, 6.45) is 6.85. The molecule has 52 heavy (non-hydrogen) atoms. The van der Waals surface area contributed by atoms with Crippen molar-refractivity contribution < 1.29 is 0 Å². The second-order valence-corrected chi connectivity index (χ2v) is 13.3. The lowest BCUT2D eigenvalue weighted by Crippen LogP contribution is -1.96. The van der Waals surface area contributed by atoms with E-state index in [9.17, 15) is 0 Å². The topological polar surface area (TPSA) is 9.86 Å². The van der Waals surface area contributed by atoms with Crippen molar-refractivity contribution >= 4 is 54.8 Å². The highest BCUT2D eigenvalue weighted by Gasteiger charge is 2.18. The van der Waals surface area contributed by atoms with E-state index >= 15 is 0 Å². The van der Waals surface area contributed by atoms with Gasteiger partial charge in [-0.1, -0.05) is 135 Å². The SMILES string of the molecule is C1=C(c2ccccc2)C=C(c2ccc3c4cc(-c5ccc6c(c5)c5ccccc5n6-c5ccccc5)ccc4n(-c4ccccc4)c3c2)CC1.CC. The van der Waals surface area contributed by atoms with E-state index in [1.807, 2.05) is 13.8 Å². The van der Waals surface area contributed by atoms with Gasteiger partial charge < -0.3 is 9.13 Å². The summed E-state index contributed by atoms with van der Waals surface area (Å²) in [7, 11) is 0. The lowest BCUT2D eigenvalue weighted by molar-refractivity contribution is 1.06. The molecular formula is C50H40N2. The Morgan fingerprint density at radius 2 is 0.885 bits per heavy atom. The van der Waals surface area contributed by atoms with Crippen LogP contribution in [0, 0.1) is 0 Å². The summed E-state index contributed by atoms with van der Waals surface area (Å²) < 4.78 is 4.81. The van der Waals surface area contributed by atoms with Gasteiger partial charge in [-0.25, -0.2) is 0 Å². The zero-order valence-electron chi connectivity index (χ0n) is 29.6. The van der Waals surface area contributed by atoms with Gasteiger partial charge in [0, 0.05) is 32.9 Å². The van der Waals surface area contributed by atoms with Crippen LogP contribution in [0.4, 0.5) is 0 Å². The summed E-state index contributed by atoms with van der Waals surface area (Å²) in [6.45, 7) is 4.00. The summed E-state index contributed by atoms with van der Waals surface area (Å²) >= 11 is 0. The standard InChI is InChI=1S/C48H34N2.C2H6/c1-4-13-33(14-5-1)34-15-12-16-35(29-34)38-23-26-42-44-31-37(25-28-47(44)50(48(42)32-38)40-19-8-3-9-20-40)36-24-27-46-43(30-36)41-21-10-11-22-45(41)49(46)39-17-6-2-7-18-39;1-2/h1-11,13-15,17-32H,12,16H2;1-2H3. The predicted octanol–water partition coefficient (Wildman–Crippen LogP) is 13.8. The number of hydrogen-bond donors (Lipinski definition) is 0. The van der Waals surface area contributed by atoms with Crippen LogP contribution >= 0.6 is 0 Å². The Labute approximate surface area is 305 Å². The Morgan fingerprint density at radius 3 is 1.52 bits per heavy atom. The van der Waals surface area contributed by atoms with Gasteiger partial charge in [-0.05, 0) is 107 Å². The maximum Gasteiger partial charge on any atom is 0.0547 e. The molecule has 2 heteroatoms. The van der Waals surface area contributed by atoms with Gasteiger partial charge in [0.25, 0.3) is 0 Å². The number of rotatable bonds is 5. The molecule has 0 N–H and O–H groups in total. The van der Waals surface area contributed by atoms with Gasteiger partial charge >= 0.3 is 0 Å². The molecule has 0 aliphatic heterocycles. The van der Waals surface area contributed by atoms with E-state index < -0.39 is 0 Å². The molecule has 0 radical (unpaired) electrons. The molecule has 2 aromatic heterocycles. The average Bonchev–Trinajstić information content (AvgIpc) is 3.74. The zero-order valence-corrected chi connectivity index (χ0v) is 29.6.